The first-order valence-corrected chi connectivity index (χ1v) is 29.0. The van der Waals surface area contributed by atoms with E-state index in [1.54, 1.807) is 19.3 Å². The summed E-state index contributed by atoms with van der Waals surface area (Å²) in [6, 6.07) is 6.17. The number of aromatic hydroxyl groups is 2. The SMILES string of the molecule is C=CCOc1c(C)c2c(c3c1CC1C4c5c(cc(C)c(OC)c5O)C[C@@H]([C@H](C#N)N1[C@H]3CN)N4C)OCO2.C=CCOc1c(C)c2c(c3c1CC1C4c5c(cc(C)c(OC)c5O)C[C@@H]([C@H](C#N)N1[C@H]3CNC(=O)OCC(Cl)(Cl)Cl)N4C)OCO2. The number of halogens is 3. The minimum absolute atomic E-state index is 0.0124. The van der Waals surface area contributed by atoms with Crippen molar-refractivity contribution in [2.75, 3.05) is 74.8 Å². The lowest BCUT2D eigenvalue weighted by Gasteiger charge is -2.60. The number of likely N-dealkylation sites (N-methyl/N-ethyl adjacent to an activating group) is 2. The predicted molar refractivity (Wildman–Crippen MR) is 312 cm³/mol. The van der Waals surface area contributed by atoms with E-state index in [9.17, 15) is 25.5 Å². The van der Waals surface area contributed by atoms with Gasteiger partial charge in [-0.1, -0.05) is 72.2 Å². The average molecular weight is 1210 g/mol. The van der Waals surface area contributed by atoms with Crippen molar-refractivity contribution in [2.24, 2.45) is 5.73 Å². The molecule has 20 nitrogen and oxygen atoms in total. The van der Waals surface area contributed by atoms with Crippen molar-refractivity contribution in [1.82, 2.24) is 24.9 Å². The van der Waals surface area contributed by atoms with Crippen molar-refractivity contribution in [3.63, 3.8) is 0 Å². The normalized spacial score (nSPS) is 25.7. The molecule has 4 bridgehead atoms. The number of fused-ring (bicyclic) bond motifs is 18. The summed E-state index contributed by atoms with van der Waals surface area (Å²) < 4.78 is 51.1. The van der Waals surface area contributed by atoms with Gasteiger partial charge in [-0.05, 0) is 89.7 Å². The van der Waals surface area contributed by atoms with Gasteiger partial charge in [0, 0.05) is 81.8 Å². The summed E-state index contributed by atoms with van der Waals surface area (Å²) in [6.45, 7) is 16.0. The summed E-state index contributed by atoms with van der Waals surface area (Å²) in [5, 5.41) is 47.3. The van der Waals surface area contributed by atoms with Crippen LogP contribution in [0, 0.1) is 50.4 Å². The van der Waals surface area contributed by atoms with E-state index in [1.807, 2.05) is 40.8 Å². The number of rotatable bonds is 12. The summed E-state index contributed by atoms with van der Waals surface area (Å²) in [5.74, 6) is 5.00. The Hall–Kier alpha value is -6.72. The maximum Gasteiger partial charge on any atom is 0.407 e. The Morgan fingerprint density at radius 2 is 1.13 bits per heavy atom. The third-order valence-electron chi connectivity index (χ3n) is 18.3. The molecule has 0 saturated carbocycles. The second-order valence-electron chi connectivity index (χ2n) is 22.5. The molecular weight excluding hydrogens is 1140 g/mol. The lowest BCUT2D eigenvalue weighted by atomic mass is 9.71. The van der Waals surface area contributed by atoms with Crippen LogP contribution < -0.4 is 48.9 Å². The van der Waals surface area contributed by atoms with Gasteiger partial charge in [0.05, 0.1) is 50.5 Å². The van der Waals surface area contributed by atoms with E-state index < -0.39 is 34.6 Å². The zero-order valence-corrected chi connectivity index (χ0v) is 50.4. The van der Waals surface area contributed by atoms with Crippen molar-refractivity contribution in [3.8, 4) is 69.6 Å². The number of carbonyl (C=O) groups is 1. The number of alkyl carbamates (subject to hydrolysis) is 1. The number of benzene rings is 4. The molecule has 8 aliphatic rings. The predicted octanol–water partition coefficient (Wildman–Crippen LogP) is 8.22. The van der Waals surface area contributed by atoms with Crippen molar-refractivity contribution >= 4 is 40.9 Å². The van der Waals surface area contributed by atoms with Gasteiger partial charge in [0.1, 0.15) is 43.4 Å². The van der Waals surface area contributed by atoms with Crippen LogP contribution >= 0.6 is 34.8 Å². The topological polar surface area (TPSA) is 239 Å². The van der Waals surface area contributed by atoms with Gasteiger partial charge >= 0.3 is 6.09 Å². The number of hydrogen-bond donors (Lipinski definition) is 4. The third kappa shape index (κ3) is 9.39. The average Bonchev–Trinajstić information content (AvgIpc) is 0.884. The molecule has 8 aliphatic heterocycles. The van der Waals surface area contributed by atoms with Gasteiger partial charge in [0.15, 0.2) is 46.0 Å². The number of hydrogen-bond acceptors (Lipinski definition) is 19. The fraction of sp³-hybridized carbons (Fsp3) is 0.492. The highest BCUT2D eigenvalue weighted by Gasteiger charge is 2.59. The number of phenols is 2. The van der Waals surface area contributed by atoms with Crippen molar-refractivity contribution in [3.05, 3.63) is 104 Å². The van der Waals surface area contributed by atoms with Gasteiger partial charge in [-0.25, -0.2) is 4.79 Å². The molecule has 4 aromatic rings. The zero-order valence-electron chi connectivity index (χ0n) is 48.1. The number of aryl methyl sites for hydroxylation is 2. The van der Waals surface area contributed by atoms with Crippen molar-refractivity contribution in [2.45, 2.75) is 118 Å². The smallest absolute Gasteiger partial charge is 0.407 e. The molecule has 0 aromatic heterocycles. The molecule has 8 heterocycles. The van der Waals surface area contributed by atoms with Crippen LogP contribution in [0.1, 0.15) is 90.9 Å². The molecule has 1 amide bonds. The highest BCUT2D eigenvalue weighted by atomic mass is 35.6. The molecule has 2 saturated heterocycles. The molecular formula is C61H69Cl3N8O12. The maximum absolute atomic E-state index is 12.9. The Morgan fingerprint density at radius 1 is 0.702 bits per heavy atom. The van der Waals surface area contributed by atoms with E-state index in [-0.39, 0.29) is 80.5 Å². The van der Waals surface area contributed by atoms with Crippen LogP contribution in [0.15, 0.2) is 37.4 Å². The second kappa shape index (κ2) is 22.9. The largest absolute Gasteiger partial charge is 0.504 e. The highest BCUT2D eigenvalue weighted by Crippen LogP contribution is 2.61. The van der Waals surface area contributed by atoms with Gasteiger partial charge in [-0.3, -0.25) is 19.6 Å². The molecule has 446 valence electrons. The number of amides is 1. The van der Waals surface area contributed by atoms with Crippen LogP contribution in [0.5, 0.6) is 57.5 Å². The molecule has 10 atom stereocenters. The fourth-order valence-corrected chi connectivity index (χ4v) is 15.3. The van der Waals surface area contributed by atoms with Crippen LogP contribution in [-0.2, 0) is 30.4 Å². The standard InChI is InChI=1S/C32H35Cl3N4O7.C29H34N4O5/c1-6-7-43-28-16(3)29-30(46-14-45-29)24-18(28)10-20-25-23-17(8-15(2)27(42-5)26(23)40)9-19(38(25)4)21(11-36)39(20)22(24)12-37-31(41)44-13-32(33,34)35;1-6-7-36-27-15(3)28-29(38-13-37-28)23-17(27)10-19-24-22-16(8-14(2)26(35-5)25(22)34)9-18(32(24)4)20(11-30)33(19)21(23)12-31/h6,8,19-22,25,40H,1,7,9-10,12-14H2,2-5H3,(H,37,41);6,8,18-21,24,34H,1,7,9-10,12-13,31H2,2-5H3/t19-,20?,21-,22-,25?;18-,19?,20-,21-,24?/m00/s1. The Morgan fingerprint density at radius 3 is 1.54 bits per heavy atom. The van der Waals surface area contributed by atoms with E-state index in [4.69, 9.17) is 83.2 Å². The minimum Gasteiger partial charge on any atom is -0.504 e. The molecule has 4 aromatic carbocycles. The fourth-order valence-electron chi connectivity index (χ4n) is 15.1. The van der Waals surface area contributed by atoms with E-state index >= 15 is 0 Å². The number of nitrogens with one attached hydrogen (secondary N) is 1. The Bertz CT molecular complexity index is 3440. The van der Waals surface area contributed by atoms with Crippen LogP contribution in [0.3, 0.4) is 0 Å². The van der Waals surface area contributed by atoms with Crippen molar-refractivity contribution < 1.29 is 57.6 Å². The molecule has 84 heavy (non-hydrogen) atoms. The monoisotopic (exact) mass is 1210 g/mol. The molecule has 0 aliphatic carbocycles. The third-order valence-corrected chi connectivity index (χ3v) is 18.6. The lowest BCUT2D eigenvalue weighted by molar-refractivity contribution is -0.0723. The molecule has 4 unspecified atom stereocenters. The molecule has 0 spiro atoms. The van der Waals surface area contributed by atoms with Gasteiger partial charge in [0.2, 0.25) is 17.4 Å². The molecule has 2 fully saturated rings. The molecule has 5 N–H and O–H groups in total. The quantitative estimate of drug-likeness (QED) is 0.0772. The highest BCUT2D eigenvalue weighted by molar-refractivity contribution is 6.67. The van der Waals surface area contributed by atoms with Gasteiger partial charge in [0.25, 0.3) is 0 Å². The number of carbonyl (C=O) groups excluding carboxylic acids is 1. The van der Waals surface area contributed by atoms with Gasteiger partial charge in [-0.15, -0.1) is 0 Å². The summed E-state index contributed by atoms with van der Waals surface area (Å²) >= 11 is 17.4. The zero-order chi connectivity index (χ0) is 60.0. The van der Waals surface area contributed by atoms with Crippen molar-refractivity contribution in [1.29, 1.82) is 10.5 Å². The maximum atomic E-state index is 12.9. The lowest BCUT2D eigenvalue weighted by Crippen LogP contribution is -2.68. The van der Waals surface area contributed by atoms with E-state index in [0.717, 1.165) is 72.5 Å². The van der Waals surface area contributed by atoms with E-state index in [2.05, 4.69) is 63.3 Å². The van der Waals surface area contributed by atoms with E-state index in [1.165, 1.54) is 7.11 Å². The molecule has 23 heteroatoms. The summed E-state index contributed by atoms with van der Waals surface area (Å²) in [4.78, 5) is 21.7. The Kier molecular flexibility index (Phi) is 16.1. The summed E-state index contributed by atoms with van der Waals surface area (Å²) in [7, 11) is 7.16. The van der Waals surface area contributed by atoms with Crippen LogP contribution in [0.4, 0.5) is 4.79 Å². The van der Waals surface area contributed by atoms with Crippen LogP contribution in [0.2, 0.25) is 0 Å². The number of nitrogens with two attached hydrogens (primary N) is 1. The van der Waals surface area contributed by atoms with Gasteiger partial charge in [-0.2, -0.15) is 10.5 Å². The summed E-state index contributed by atoms with van der Waals surface area (Å²) in [5.41, 5.74) is 17.1. The second-order valence-corrected chi connectivity index (χ2v) is 25.0. The number of piperazine rings is 2. The number of alkyl halides is 3. The minimum atomic E-state index is -1.78. The number of methoxy groups -OCH3 is 2. The number of ether oxygens (including phenoxy) is 9. The Balaban J connectivity index is 0.000000178. The number of nitriles is 2. The number of phenolic OH excluding ortho intramolecular Hbond substituents is 2. The van der Waals surface area contributed by atoms with E-state index in [0.29, 0.717) is 79.1 Å². The molecule has 0 radical (unpaired) electrons. The molecule has 12 rings (SSSR count). The Labute approximate surface area is 503 Å². The van der Waals surface area contributed by atoms with Crippen LogP contribution in [-0.4, -0.2) is 151 Å². The van der Waals surface area contributed by atoms with Crippen LogP contribution in [0.25, 0.3) is 0 Å². The van der Waals surface area contributed by atoms with Gasteiger partial charge < -0.3 is 63.9 Å². The first-order valence-electron chi connectivity index (χ1n) is 27.9. The first kappa shape index (κ1) is 59.0. The summed E-state index contributed by atoms with van der Waals surface area (Å²) in [6.07, 6.45) is 4.81. The first-order chi connectivity index (χ1) is 40.3. The number of nitrogens with zero attached hydrogens (tertiary/aromatic N) is 6.